The van der Waals surface area contributed by atoms with E-state index in [4.69, 9.17) is 11.6 Å². The van der Waals surface area contributed by atoms with Crippen LogP contribution in [0.4, 0.5) is 0 Å². The number of nitrogens with zero attached hydrogens (tertiary/aromatic N) is 5. The maximum absolute atomic E-state index is 9.73. The number of rotatable bonds is 4. The predicted molar refractivity (Wildman–Crippen MR) is 128 cm³/mol. The number of piperidine rings is 1. The number of likely N-dealkylation sites (tertiary alicyclic amines) is 1. The van der Waals surface area contributed by atoms with E-state index < -0.39 is 0 Å². The molecular weight excluding hydrogens is 420 g/mol. The molecule has 5 rings (SSSR count). The molecule has 0 amide bonds. The van der Waals surface area contributed by atoms with Gasteiger partial charge in [-0.15, -0.1) is 0 Å². The Kier molecular flexibility index (Phi) is 5.52. The molecule has 1 fully saturated rings. The summed E-state index contributed by atoms with van der Waals surface area (Å²) in [6, 6.07) is 12.2. The Balaban J connectivity index is 1.49. The summed E-state index contributed by atoms with van der Waals surface area (Å²) in [7, 11) is 2.16. The quantitative estimate of drug-likeness (QED) is 0.429. The van der Waals surface area contributed by atoms with Gasteiger partial charge in [0.1, 0.15) is 5.65 Å². The minimum absolute atomic E-state index is 0.441. The van der Waals surface area contributed by atoms with E-state index in [0.29, 0.717) is 16.6 Å². The highest BCUT2D eigenvalue weighted by atomic mass is 35.5. The molecule has 32 heavy (non-hydrogen) atoms. The van der Waals surface area contributed by atoms with Crippen LogP contribution in [-0.4, -0.2) is 44.8 Å². The van der Waals surface area contributed by atoms with Crippen LogP contribution in [0.15, 0.2) is 55.1 Å². The summed E-state index contributed by atoms with van der Waals surface area (Å²) >= 11 is 6.31. The van der Waals surface area contributed by atoms with E-state index in [1.54, 1.807) is 6.07 Å². The molecule has 0 atom stereocenters. The van der Waals surface area contributed by atoms with E-state index in [1.165, 1.54) is 0 Å². The van der Waals surface area contributed by atoms with Gasteiger partial charge < -0.3 is 9.88 Å². The van der Waals surface area contributed by atoms with Crippen molar-refractivity contribution in [2.24, 2.45) is 0 Å². The van der Waals surface area contributed by atoms with Crippen LogP contribution in [0, 0.1) is 11.3 Å². The smallest absolute Gasteiger partial charge is 0.137 e. The molecule has 6 nitrogen and oxygen atoms in total. The zero-order valence-corrected chi connectivity index (χ0v) is 18.5. The molecule has 160 valence electrons. The average molecular weight is 443 g/mol. The van der Waals surface area contributed by atoms with Crippen LogP contribution in [0.2, 0.25) is 5.02 Å². The normalized spacial score (nSPS) is 15.8. The fourth-order valence-electron chi connectivity index (χ4n) is 4.25. The van der Waals surface area contributed by atoms with Gasteiger partial charge in [-0.05, 0) is 51.2 Å². The largest absolute Gasteiger partial charge is 0.346 e. The van der Waals surface area contributed by atoms with Crippen LogP contribution in [0.5, 0.6) is 0 Å². The summed E-state index contributed by atoms with van der Waals surface area (Å²) in [4.78, 5) is 10.2. The SMILES string of the molecule is CN1CCC(n2cc(-c3cnc4[nH]cc(C=C(C#N)c5ccccc5Cl)c4c3)cn2)CC1. The Morgan fingerprint density at radius 2 is 2.03 bits per heavy atom. The van der Waals surface area contributed by atoms with Crippen molar-refractivity contribution >= 4 is 34.3 Å². The lowest BCUT2D eigenvalue weighted by atomic mass is 10.0. The van der Waals surface area contributed by atoms with E-state index in [2.05, 4.69) is 50.0 Å². The van der Waals surface area contributed by atoms with E-state index in [1.807, 2.05) is 42.9 Å². The minimum atomic E-state index is 0.441. The second kappa shape index (κ2) is 8.62. The highest BCUT2D eigenvalue weighted by Gasteiger charge is 2.19. The molecule has 0 aliphatic carbocycles. The van der Waals surface area contributed by atoms with Crippen LogP contribution in [-0.2, 0) is 0 Å². The van der Waals surface area contributed by atoms with Crippen LogP contribution in [0.3, 0.4) is 0 Å². The number of hydrogen-bond acceptors (Lipinski definition) is 4. The van der Waals surface area contributed by atoms with E-state index in [9.17, 15) is 5.26 Å². The maximum Gasteiger partial charge on any atom is 0.137 e. The van der Waals surface area contributed by atoms with Crippen LogP contribution < -0.4 is 0 Å². The topological polar surface area (TPSA) is 73.5 Å². The molecule has 3 aromatic heterocycles. The first-order valence-corrected chi connectivity index (χ1v) is 11.1. The molecule has 0 saturated carbocycles. The summed E-state index contributed by atoms with van der Waals surface area (Å²) in [5.41, 5.74) is 4.95. The van der Waals surface area contributed by atoms with Gasteiger partial charge in [0.2, 0.25) is 0 Å². The molecular formula is C25H23ClN6. The van der Waals surface area contributed by atoms with Crippen LogP contribution >= 0.6 is 11.6 Å². The lowest BCUT2D eigenvalue weighted by Gasteiger charge is -2.28. The molecule has 4 heterocycles. The summed E-state index contributed by atoms with van der Waals surface area (Å²) in [6.07, 6.45) is 11.8. The summed E-state index contributed by atoms with van der Waals surface area (Å²) < 4.78 is 2.09. The van der Waals surface area contributed by atoms with Gasteiger partial charge in [-0.2, -0.15) is 10.4 Å². The Hall–Kier alpha value is -3.40. The van der Waals surface area contributed by atoms with E-state index >= 15 is 0 Å². The number of nitrogens with one attached hydrogen (secondary N) is 1. The first-order valence-electron chi connectivity index (χ1n) is 10.7. The summed E-state index contributed by atoms with van der Waals surface area (Å²) in [6.45, 7) is 2.19. The number of aromatic amines is 1. The average Bonchev–Trinajstić information content (AvgIpc) is 3.46. The number of nitriles is 1. The molecule has 1 N–H and O–H groups in total. The molecule has 0 unspecified atom stereocenters. The molecule has 0 bridgehead atoms. The van der Waals surface area contributed by atoms with Crippen molar-refractivity contribution in [3.8, 4) is 17.2 Å². The van der Waals surface area contributed by atoms with Gasteiger partial charge in [0.05, 0.1) is 23.9 Å². The predicted octanol–water partition coefficient (Wildman–Crippen LogP) is 5.41. The van der Waals surface area contributed by atoms with Crippen LogP contribution in [0.1, 0.15) is 30.0 Å². The number of halogens is 1. The van der Waals surface area contributed by atoms with Crippen molar-refractivity contribution in [1.82, 2.24) is 24.6 Å². The number of aromatic nitrogens is 4. The maximum atomic E-state index is 9.73. The third-order valence-electron chi connectivity index (χ3n) is 6.14. The second-order valence-electron chi connectivity index (χ2n) is 8.26. The molecule has 1 saturated heterocycles. The highest BCUT2D eigenvalue weighted by molar-refractivity contribution is 6.32. The number of pyridine rings is 1. The van der Waals surface area contributed by atoms with Crippen molar-refractivity contribution in [2.75, 3.05) is 20.1 Å². The molecule has 1 aliphatic rings. The number of benzene rings is 1. The fraction of sp³-hybridized carbons (Fsp3) is 0.240. The zero-order chi connectivity index (χ0) is 22.1. The second-order valence-corrected chi connectivity index (χ2v) is 8.66. The van der Waals surface area contributed by atoms with Crippen LogP contribution in [0.25, 0.3) is 33.8 Å². The van der Waals surface area contributed by atoms with Crippen molar-refractivity contribution in [2.45, 2.75) is 18.9 Å². The number of H-pyrrole nitrogens is 1. The highest BCUT2D eigenvalue weighted by Crippen LogP contribution is 2.30. The number of allylic oxidation sites excluding steroid dienone is 1. The van der Waals surface area contributed by atoms with Gasteiger partial charge in [-0.1, -0.05) is 29.8 Å². The Morgan fingerprint density at radius 1 is 1.22 bits per heavy atom. The zero-order valence-electron chi connectivity index (χ0n) is 17.8. The fourth-order valence-corrected chi connectivity index (χ4v) is 4.49. The van der Waals surface area contributed by atoms with Gasteiger partial charge in [0.15, 0.2) is 0 Å². The Morgan fingerprint density at radius 3 is 2.81 bits per heavy atom. The van der Waals surface area contributed by atoms with Crippen molar-refractivity contribution in [1.29, 1.82) is 5.26 Å². The minimum Gasteiger partial charge on any atom is -0.346 e. The van der Waals surface area contributed by atoms with Gasteiger partial charge in [0.25, 0.3) is 0 Å². The van der Waals surface area contributed by atoms with Gasteiger partial charge in [0, 0.05) is 51.3 Å². The summed E-state index contributed by atoms with van der Waals surface area (Å²) in [5.74, 6) is 0. The third-order valence-corrected chi connectivity index (χ3v) is 6.47. The molecule has 0 spiro atoms. The monoisotopic (exact) mass is 442 g/mol. The van der Waals surface area contributed by atoms with Gasteiger partial charge >= 0.3 is 0 Å². The van der Waals surface area contributed by atoms with Gasteiger partial charge in [-0.3, -0.25) is 4.68 Å². The van der Waals surface area contributed by atoms with E-state index in [0.717, 1.165) is 59.2 Å². The molecule has 0 radical (unpaired) electrons. The van der Waals surface area contributed by atoms with Gasteiger partial charge in [-0.25, -0.2) is 4.98 Å². The Labute approximate surface area is 191 Å². The molecule has 4 aromatic rings. The molecule has 1 aliphatic heterocycles. The third kappa shape index (κ3) is 3.93. The number of fused-ring (bicyclic) bond motifs is 1. The lowest BCUT2D eigenvalue weighted by molar-refractivity contribution is 0.212. The summed E-state index contributed by atoms with van der Waals surface area (Å²) in [5, 5.41) is 15.9. The van der Waals surface area contributed by atoms with E-state index in [-0.39, 0.29) is 0 Å². The first-order chi connectivity index (χ1) is 15.6. The van der Waals surface area contributed by atoms with Crippen molar-refractivity contribution in [3.63, 3.8) is 0 Å². The molecule has 1 aromatic carbocycles. The van der Waals surface area contributed by atoms with Crippen molar-refractivity contribution < 1.29 is 0 Å². The molecule has 7 heteroatoms. The first kappa shape index (κ1) is 20.5. The lowest BCUT2D eigenvalue weighted by Crippen LogP contribution is -2.31. The standard InChI is InChI=1S/C25H23ClN6/c1-31-8-6-21(7-9-31)32-16-20(15-30-32)18-11-23-19(14-29-25(23)28-13-18)10-17(12-27)22-4-2-3-5-24(22)26/h2-5,10-11,13-16,21H,6-9H2,1H3,(H,28,29). The van der Waals surface area contributed by atoms with Crippen molar-refractivity contribution in [3.05, 3.63) is 71.3 Å². The Bertz CT molecular complexity index is 1330. The number of hydrogen-bond donors (Lipinski definition) is 1.